The number of aromatic hydroxyl groups is 1. The van der Waals surface area contributed by atoms with Gasteiger partial charge in [0.1, 0.15) is 24.0 Å². The molecule has 0 bridgehead atoms. The van der Waals surface area contributed by atoms with Crippen molar-refractivity contribution in [3.05, 3.63) is 75.1 Å². The van der Waals surface area contributed by atoms with Gasteiger partial charge in [-0.05, 0) is 45.0 Å². The number of aryl methyl sites for hydroxylation is 2. The van der Waals surface area contributed by atoms with E-state index in [0.29, 0.717) is 22.1 Å². The van der Waals surface area contributed by atoms with Crippen LogP contribution in [0.15, 0.2) is 51.7 Å². The minimum Gasteiger partial charge on any atom is -0.508 e. The zero-order valence-corrected chi connectivity index (χ0v) is 16.3. The topological polar surface area (TPSA) is 106 Å². The quantitative estimate of drug-likeness (QED) is 0.508. The summed E-state index contributed by atoms with van der Waals surface area (Å²) in [6, 6.07) is 10.5. The molecule has 0 aliphatic carbocycles. The number of ether oxygens (including phenoxy) is 1. The van der Waals surface area contributed by atoms with E-state index in [2.05, 4.69) is 5.32 Å². The minimum atomic E-state index is -0.875. The molecule has 1 amide bonds. The van der Waals surface area contributed by atoms with Gasteiger partial charge in [-0.25, -0.2) is 9.59 Å². The molecule has 0 aliphatic rings. The molecule has 3 aromatic rings. The largest absolute Gasteiger partial charge is 0.508 e. The van der Waals surface area contributed by atoms with Crippen LogP contribution in [0.2, 0.25) is 0 Å². The van der Waals surface area contributed by atoms with Crippen LogP contribution in [0.25, 0.3) is 11.0 Å². The maximum atomic E-state index is 12.3. The summed E-state index contributed by atoms with van der Waals surface area (Å²) in [5.74, 6) is -1.01. The molecule has 0 fully saturated rings. The van der Waals surface area contributed by atoms with Gasteiger partial charge in [0, 0.05) is 28.1 Å². The van der Waals surface area contributed by atoms with Crippen molar-refractivity contribution in [3.8, 4) is 5.75 Å². The first-order chi connectivity index (χ1) is 13.8. The van der Waals surface area contributed by atoms with E-state index in [1.165, 1.54) is 19.1 Å². The second kappa shape index (κ2) is 8.18. The number of nitrogens with one attached hydrogen (secondary N) is 1. The van der Waals surface area contributed by atoms with Crippen molar-refractivity contribution in [1.29, 1.82) is 0 Å². The smallest absolute Gasteiger partial charge is 0.336 e. The van der Waals surface area contributed by atoms with Gasteiger partial charge in [-0.2, -0.15) is 0 Å². The number of esters is 1. The third-order valence-electron chi connectivity index (χ3n) is 4.57. The number of carbonyl (C=O) groups is 2. The maximum Gasteiger partial charge on any atom is 0.336 e. The number of carbonyl (C=O) groups excluding carboxylic acids is 2. The minimum absolute atomic E-state index is 0.00211. The third kappa shape index (κ3) is 4.45. The average molecular weight is 395 g/mol. The van der Waals surface area contributed by atoms with Crippen molar-refractivity contribution < 1.29 is 23.8 Å². The lowest BCUT2D eigenvalue weighted by Gasteiger charge is -2.14. The van der Waals surface area contributed by atoms with Gasteiger partial charge in [0.2, 0.25) is 0 Å². The van der Waals surface area contributed by atoms with Gasteiger partial charge in [-0.15, -0.1) is 0 Å². The van der Waals surface area contributed by atoms with E-state index >= 15 is 0 Å². The molecule has 7 nitrogen and oxygen atoms in total. The van der Waals surface area contributed by atoms with E-state index < -0.39 is 17.6 Å². The van der Waals surface area contributed by atoms with Gasteiger partial charge in [0.15, 0.2) is 0 Å². The van der Waals surface area contributed by atoms with Gasteiger partial charge < -0.3 is 19.6 Å². The fourth-order valence-electron chi connectivity index (χ4n) is 2.93. The molecule has 0 saturated carbocycles. The van der Waals surface area contributed by atoms with Gasteiger partial charge in [-0.1, -0.05) is 17.7 Å². The Hall–Kier alpha value is -3.61. The molecule has 0 unspecified atom stereocenters. The van der Waals surface area contributed by atoms with E-state index in [4.69, 9.17) is 9.15 Å². The molecular formula is C22H21NO6. The van der Waals surface area contributed by atoms with Crippen LogP contribution in [-0.2, 0) is 16.1 Å². The predicted molar refractivity (Wildman–Crippen MR) is 107 cm³/mol. The summed E-state index contributed by atoms with van der Waals surface area (Å²) in [5, 5.41) is 13.0. The third-order valence-corrected chi connectivity index (χ3v) is 4.57. The van der Waals surface area contributed by atoms with Crippen LogP contribution >= 0.6 is 0 Å². The number of hydrogen-bond donors (Lipinski definition) is 2. The molecule has 3 rings (SSSR count). The number of hydrogen-bond acceptors (Lipinski definition) is 6. The highest BCUT2D eigenvalue weighted by atomic mass is 16.5. The van der Waals surface area contributed by atoms with Crippen LogP contribution in [0, 0.1) is 13.8 Å². The summed E-state index contributed by atoms with van der Waals surface area (Å²) >= 11 is 0. The van der Waals surface area contributed by atoms with Crippen LogP contribution in [0.5, 0.6) is 5.75 Å². The van der Waals surface area contributed by atoms with Crippen molar-refractivity contribution in [2.24, 2.45) is 0 Å². The summed E-state index contributed by atoms with van der Waals surface area (Å²) < 4.78 is 10.5. The van der Waals surface area contributed by atoms with Crippen molar-refractivity contribution in [3.63, 3.8) is 0 Å². The Balaban J connectivity index is 1.71. The van der Waals surface area contributed by atoms with E-state index in [1.807, 2.05) is 13.0 Å². The summed E-state index contributed by atoms with van der Waals surface area (Å²) in [7, 11) is 0. The zero-order chi connectivity index (χ0) is 21.1. The fourth-order valence-corrected chi connectivity index (χ4v) is 2.93. The van der Waals surface area contributed by atoms with Gasteiger partial charge in [-0.3, -0.25) is 4.79 Å². The lowest BCUT2D eigenvalue weighted by Crippen LogP contribution is -2.39. The highest BCUT2D eigenvalue weighted by molar-refractivity contribution is 5.96. The number of fused-ring (bicyclic) bond motifs is 1. The standard InChI is InChI=1S/C22H21NO6/c1-12-5-4-6-15(9-12)21(26)23-14(3)22(27)28-11-16-10-19(25)29-20-13(2)18(24)8-7-17(16)20/h4-10,14,24H,11H2,1-3H3,(H,23,26)/t14-/m1/s1. The number of rotatable bonds is 5. The van der Waals surface area contributed by atoms with E-state index in [-0.39, 0.29) is 23.8 Å². The number of benzene rings is 2. The Kier molecular flexibility index (Phi) is 5.68. The van der Waals surface area contributed by atoms with Crippen LogP contribution in [0.3, 0.4) is 0 Å². The molecule has 0 radical (unpaired) electrons. The number of amides is 1. The summed E-state index contributed by atoms with van der Waals surface area (Å²) in [6.07, 6.45) is 0. The van der Waals surface area contributed by atoms with Gasteiger partial charge in [0.25, 0.3) is 5.91 Å². The fraction of sp³-hybridized carbons (Fsp3) is 0.227. The molecule has 0 spiro atoms. The Morgan fingerprint density at radius 1 is 1.17 bits per heavy atom. The SMILES string of the molecule is Cc1cccc(C(=O)N[C@H](C)C(=O)OCc2cc(=O)oc3c(C)c(O)ccc23)c1. The summed E-state index contributed by atoms with van der Waals surface area (Å²) in [5.41, 5.74) is 1.88. The zero-order valence-electron chi connectivity index (χ0n) is 16.3. The normalized spacial score (nSPS) is 11.8. The molecule has 1 atom stereocenters. The van der Waals surface area contributed by atoms with Crippen molar-refractivity contribution in [1.82, 2.24) is 5.32 Å². The molecule has 0 saturated heterocycles. The molecular weight excluding hydrogens is 374 g/mol. The Labute approximate surface area is 166 Å². The molecule has 1 aromatic heterocycles. The Morgan fingerprint density at radius 3 is 2.66 bits per heavy atom. The molecule has 2 aromatic carbocycles. The molecule has 1 heterocycles. The lowest BCUT2D eigenvalue weighted by atomic mass is 10.1. The van der Waals surface area contributed by atoms with E-state index in [1.54, 1.807) is 31.2 Å². The van der Waals surface area contributed by atoms with Gasteiger partial charge >= 0.3 is 11.6 Å². The second-order valence-corrected chi connectivity index (χ2v) is 6.85. The number of phenols is 1. The second-order valence-electron chi connectivity index (χ2n) is 6.85. The molecule has 150 valence electrons. The first-order valence-electron chi connectivity index (χ1n) is 9.05. The number of phenolic OH excluding ortho intramolecular Hbond substituents is 1. The summed E-state index contributed by atoms with van der Waals surface area (Å²) in [4.78, 5) is 36.4. The Bertz CT molecular complexity index is 1150. The maximum absolute atomic E-state index is 12.3. The van der Waals surface area contributed by atoms with Crippen LogP contribution in [0.1, 0.15) is 34.0 Å². The van der Waals surface area contributed by atoms with Crippen LogP contribution in [0.4, 0.5) is 0 Å². The summed E-state index contributed by atoms with van der Waals surface area (Å²) in [6.45, 7) is 4.85. The molecule has 2 N–H and O–H groups in total. The first kappa shape index (κ1) is 20.1. The molecule has 7 heteroatoms. The highest BCUT2D eigenvalue weighted by Crippen LogP contribution is 2.27. The first-order valence-corrected chi connectivity index (χ1v) is 9.05. The van der Waals surface area contributed by atoms with Crippen LogP contribution in [-0.4, -0.2) is 23.0 Å². The lowest BCUT2D eigenvalue weighted by molar-refractivity contribution is -0.146. The monoisotopic (exact) mass is 395 g/mol. The predicted octanol–water partition coefficient (Wildman–Crippen LogP) is 2.98. The van der Waals surface area contributed by atoms with Crippen molar-refractivity contribution in [2.75, 3.05) is 0 Å². The van der Waals surface area contributed by atoms with E-state index in [0.717, 1.165) is 5.56 Å². The van der Waals surface area contributed by atoms with Crippen LogP contribution < -0.4 is 10.9 Å². The Morgan fingerprint density at radius 2 is 1.93 bits per heavy atom. The van der Waals surface area contributed by atoms with E-state index in [9.17, 15) is 19.5 Å². The molecule has 29 heavy (non-hydrogen) atoms. The van der Waals surface area contributed by atoms with Gasteiger partial charge in [0.05, 0.1) is 0 Å². The molecule has 0 aliphatic heterocycles. The highest BCUT2D eigenvalue weighted by Gasteiger charge is 2.19. The average Bonchev–Trinajstić information content (AvgIpc) is 2.68. The van der Waals surface area contributed by atoms with Crippen molar-refractivity contribution >= 4 is 22.8 Å². The van der Waals surface area contributed by atoms with Crippen molar-refractivity contribution in [2.45, 2.75) is 33.4 Å².